The van der Waals surface area contributed by atoms with Crippen LogP contribution in [0.4, 0.5) is 0 Å². The van der Waals surface area contributed by atoms with Crippen molar-refractivity contribution >= 4 is 8.58 Å². The average Bonchev–Trinajstić information content (AvgIpc) is 2.23. The molecular weight excluding hydrogens is 103 g/mol. The Morgan fingerprint density at radius 3 is 1.57 bits per heavy atom. The molecule has 0 N–H and O–H groups in total. The molecule has 1 fully saturated rings. The Morgan fingerprint density at radius 1 is 1.00 bits per heavy atom. The molecule has 0 nitrogen and oxygen atoms in total. The summed E-state index contributed by atoms with van der Waals surface area (Å²) in [6.45, 7) is 4.00. The van der Waals surface area contributed by atoms with Crippen molar-refractivity contribution < 1.29 is 0 Å². The van der Waals surface area contributed by atoms with Gasteiger partial charge in [0.15, 0.2) is 0 Å². The van der Waals surface area contributed by atoms with E-state index in [0.717, 1.165) is 0 Å². The minimum absolute atomic E-state index is 1.31. The molecule has 0 radical (unpaired) electrons. The second-order valence-electron chi connectivity index (χ2n) is 1.46. The summed E-state index contributed by atoms with van der Waals surface area (Å²) in [6, 6.07) is 0. The van der Waals surface area contributed by atoms with Gasteiger partial charge in [-0.2, -0.15) is 0 Å². The molecule has 0 bridgehead atoms. The lowest BCUT2D eigenvalue weighted by molar-refractivity contribution is 0.949. The van der Waals surface area contributed by atoms with E-state index in [1.807, 2.05) is 13.8 Å². The van der Waals surface area contributed by atoms with Crippen molar-refractivity contribution in [3.63, 3.8) is 0 Å². The maximum Gasteiger partial charge on any atom is -0.0353 e. The first-order valence-corrected chi connectivity index (χ1v) is 4.62. The zero-order valence-electron chi connectivity index (χ0n) is 5.33. The normalized spacial score (nSPS) is 18.0. The Kier molecular flexibility index (Phi) is 6.82. The second kappa shape index (κ2) is 6.43. The maximum atomic E-state index is 2.00. The molecule has 44 valence electrons. The van der Waals surface area contributed by atoms with Gasteiger partial charge in [-0.25, -0.2) is 0 Å². The Bertz CT molecular complexity index is 15.8. The highest BCUT2D eigenvalue weighted by atomic mass is 31.1. The Balaban J connectivity index is 0.000000162. The largest absolute Gasteiger partial charge is 0.122 e. The smallest absolute Gasteiger partial charge is 0.0353 e. The molecule has 0 saturated carbocycles. The molecule has 0 amide bonds. The van der Waals surface area contributed by atoms with Gasteiger partial charge in [0.25, 0.3) is 0 Å². The number of hydrogen-bond donors (Lipinski definition) is 0. The fourth-order valence-corrected chi connectivity index (χ4v) is 1.87. The monoisotopic (exact) mass is 118 g/mol. The van der Waals surface area contributed by atoms with E-state index in [-0.39, 0.29) is 0 Å². The molecule has 1 rings (SSSR count). The molecule has 0 atom stereocenters. The predicted octanol–water partition coefficient (Wildman–Crippen LogP) is 2.48. The SMILES string of the molecule is C1CCPC1.CC. The summed E-state index contributed by atoms with van der Waals surface area (Å²) in [6.07, 6.45) is 6.08. The van der Waals surface area contributed by atoms with Gasteiger partial charge < -0.3 is 0 Å². The molecule has 0 aromatic heterocycles. The van der Waals surface area contributed by atoms with E-state index in [2.05, 4.69) is 0 Å². The van der Waals surface area contributed by atoms with Crippen LogP contribution in [-0.2, 0) is 0 Å². The van der Waals surface area contributed by atoms with E-state index in [4.69, 9.17) is 0 Å². The van der Waals surface area contributed by atoms with Crippen LogP contribution in [-0.4, -0.2) is 12.3 Å². The molecule has 0 unspecified atom stereocenters. The van der Waals surface area contributed by atoms with Crippen LogP contribution in [0.25, 0.3) is 0 Å². The molecule has 1 heteroatoms. The molecular formula is C6H15P. The molecule has 7 heavy (non-hydrogen) atoms. The molecule has 0 aromatic rings. The van der Waals surface area contributed by atoms with E-state index in [1.165, 1.54) is 33.7 Å². The van der Waals surface area contributed by atoms with E-state index >= 15 is 0 Å². The quantitative estimate of drug-likeness (QED) is 0.429. The Labute approximate surface area is 48.5 Å². The van der Waals surface area contributed by atoms with Crippen LogP contribution < -0.4 is 0 Å². The van der Waals surface area contributed by atoms with Crippen molar-refractivity contribution in [1.29, 1.82) is 0 Å². The van der Waals surface area contributed by atoms with Gasteiger partial charge in [0.05, 0.1) is 0 Å². The Hall–Kier alpha value is 0.430. The van der Waals surface area contributed by atoms with Gasteiger partial charge in [-0.1, -0.05) is 13.8 Å². The summed E-state index contributed by atoms with van der Waals surface area (Å²) in [4.78, 5) is 0. The van der Waals surface area contributed by atoms with Crippen LogP contribution in [0, 0.1) is 0 Å². The summed E-state index contributed by atoms with van der Waals surface area (Å²) in [5, 5.41) is 0. The Morgan fingerprint density at radius 2 is 1.43 bits per heavy atom. The molecule has 0 aliphatic carbocycles. The third-order valence-electron chi connectivity index (χ3n) is 0.957. The van der Waals surface area contributed by atoms with Gasteiger partial charge in [0, 0.05) is 0 Å². The summed E-state index contributed by atoms with van der Waals surface area (Å²) in [5.74, 6) is 0. The van der Waals surface area contributed by atoms with Crippen molar-refractivity contribution in [3.05, 3.63) is 0 Å². The van der Waals surface area contributed by atoms with E-state index in [0.29, 0.717) is 0 Å². The highest BCUT2D eigenvalue weighted by Gasteiger charge is 1.94. The highest BCUT2D eigenvalue weighted by Crippen LogP contribution is 2.21. The minimum Gasteiger partial charge on any atom is -0.122 e. The van der Waals surface area contributed by atoms with Crippen LogP contribution >= 0.6 is 8.58 Å². The first kappa shape index (κ1) is 7.43. The third-order valence-corrected chi connectivity index (χ3v) is 2.37. The standard InChI is InChI=1S/C4H9P.C2H6/c1-2-4-5-3-1;1-2/h5H,1-4H2;1-2H3. The molecule has 1 saturated heterocycles. The molecule has 1 aliphatic heterocycles. The number of hydrogen-bond acceptors (Lipinski definition) is 0. The molecule has 0 spiro atoms. The van der Waals surface area contributed by atoms with Crippen LogP contribution in [0.3, 0.4) is 0 Å². The zero-order chi connectivity index (χ0) is 5.54. The lowest BCUT2D eigenvalue weighted by Gasteiger charge is -1.69. The fourth-order valence-electron chi connectivity index (χ4n) is 0.625. The van der Waals surface area contributed by atoms with Gasteiger partial charge >= 0.3 is 0 Å². The van der Waals surface area contributed by atoms with Gasteiger partial charge in [-0.3, -0.25) is 0 Å². The van der Waals surface area contributed by atoms with Crippen molar-refractivity contribution in [2.75, 3.05) is 12.3 Å². The van der Waals surface area contributed by atoms with Crippen LogP contribution in [0.1, 0.15) is 26.7 Å². The predicted molar refractivity (Wildman–Crippen MR) is 38.6 cm³/mol. The van der Waals surface area contributed by atoms with Crippen molar-refractivity contribution in [2.24, 2.45) is 0 Å². The fraction of sp³-hybridized carbons (Fsp3) is 1.00. The van der Waals surface area contributed by atoms with Gasteiger partial charge in [-0.05, 0) is 25.2 Å². The van der Waals surface area contributed by atoms with Gasteiger partial charge in [-0.15, -0.1) is 8.58 Å². The van der Waals surface area contributed by atoms with Crippen LogP contribution in [0.15, 0.2) is 0 Å². The zero-order valence-corrected chi connectivity index (χ0v) is 6.33. The first-order chi connectivity index (χ1) is 3.50. The minimum atomic E-state index is 1.31. The molecule has 1 heterocycles. The van der Waals surface area contributed by atoms with Crippen molar-refractivity contribution in [2.45, 2.75) is 26.7 Å². The lowest BCUT2D eigenvalue weighted by Crippen LogP contribution is -1.58. The summed E-state index contributed by atoms with van der Waals surface area (Å²) in [7, 11) is 1.31. The van der Waals surface area contributed by atoms with E-state index < -0.39 is 0 Å². The van der Waals surface area contributed by atoms with Crippen LogP contribution in [0.2, 0.25) is 0 Å². The topological polar surface area (TPSA) is 0 Å². The van der Waals surface area contributed by atoms with Crippen molar-refractivity contribution in [1.82, 2.24) is 0 Å². The highest BCUT2D eigenvalue weighted by molar-refractivity contribution is 7.38. The first-order valence-electron chi connectivity index (χ1n) is 3.21. The van der Waals surface area contributed by atoms with Gasteiger partial charge in [0.2, 0.25) is 0 Å². The summed E-state index contributed by atoms with van der Waals surface area (Å²) < 4.78 is 0. The van der Waals surface area contributed by atoms with Crippen LogP contribution in [0.5, 0.6) is 0 Å². The average molecular weight is 118 g/mol. The van der Waals surface area contributed by atoms with Crippen molar-refractivity contribution in [3.8, 4) is 0 Å². The van der Waals surface area contributed by atoms with E-state index in [1.54, 1.807) is 0 Å². The second-order valence-corrected chi connectivity index (χ2v) is 2.96. The maximum absolute atomic E-state index is 2.00. The molecule has 0 aromatic carbocycles. The summed E-state index contributed by atoms with van der Waals surface area (Å²) >= 11 is 0. The molecule has 1 aliphatic rings. The van der Waals surface area contributed by atoms with E-state index in [9.17, 15) is 0 Å². The number of rotatable bonds is 0. The summed E-state index contributed by atoms with van der Waals surface area (Å²) in [5.41, 5.74) is 0. The third kappa shape index (κ3) is 4.28. The van der Waals surface area contributed by atoms with Gasteiger partial charge in [0.1, 0.15) is 0 Å². The lowest BCUT2D eigenvalue weighted by atomic mass is 10.4.